The summed E-state index contributed by atoms with van der Waals surface area (Å²) >= 11 is 18.2. The number of fused-ring (bicyclic) bond motifs is 1. The van der Waals surface area contributed by atoms with Crippen LogP contribution in [0.2, 0.25) is 15.1 Å². The third-order valence-electron chi connectivity index (χ3n) is 4.93. The van der Waals surface area contributed by atoms with Crippen LogP contribution in [0.3, 0.4) is 0 Å². The average Bonchev–Trinajstić information content (AvgIpc) is 3.19. The third-order valence-corrected chi connectivity index (χ3v) is 5.69. The third kappa shape index (κ3) is 3.70. The van der Waals surface area contributed by atoms with Gasteiger partial charge in [-0.05, 0) is 65.7 Å². The highest BCUT2D eigenvalue weighted by atomic mass is 35.5. The van der Waals surface area contributed by atoms with E-state index in [1.54, 1.807) is 0 Å². The molecule has 1 aliphatic rings. The number of benzene rings is 3. The summed E-state index contributed by atoms with van der Waals surface area (Å²) in [5, 5.41) is 10.2. The zero-order valence-corrected chi connectivity index (χ0v) is 17.8. The molecule has 1 aliphatic heterocycles. The molecule has 4 aromatic rings. The summed E-state index contributed by atoms with van der Waals surface area (Å²) in [5.74, 6) is 1.28. The first-order valence-corrected chi connectivity index (χ1v) is 10.4. The SMILES string of the molecule is Clc1ccc(C2=CC(c3ccc(Cl)cc3)n3nc(-c4ccc(Cl)cc4)nc3N2)cc1. The second-order valence-corrected chi connectivity index (χ2v) is 8.23. The second-order valence-electron chi connectivity index (χ2n) is 6.92. The zero-order chi connectivity index (χ0) is 20.7. The van der Waals surface area contributed by atoms with Crippen LogP contribution in [-0.4, -0.2) is 14.8 Å². The van der Waals surface area contributed by atoms with Crippen molar-refractivity contribution in [2.24, 2.45) is 0 Å². The normalized spacial score (nSPS) is 15.3. The molecule has 2 heterocycles. The van der Waals surface area contributed by atoms with Gasteiger partial charge < -0.3 is 5.32 Å². The van der Waals surface area contributed by atoms with Gasteiger partial charge in [0.15, 0.2) is 5.82 Å². The first-order chi connectivity index (χ1) is 14.6. The van der Waals surface area contributed by atoms with Crippen molar-refractivity contribution in [3.63, 3.8) is 0 Å². The van der Waals surface area contributed by atoms with Gasteiger partial charge in [-0.15, -0.1) is 5.10 Å². The predicted octanol–water partition coefficient (Wildman–Crippen LogP) is 6.96. The van der Waals surface area contributed by atoms with Crippen molar-refractivity contribution in [2.75, 3.05) is 5.32 Å². The Morgan fingerprint density at radius 3 is 1.83 bits per heavy atom. The molecule has 1 atom stereocenters. The summed E-state index contributed by atoms with van der Waals surface area (Å²) in [7, 11) is 0. The molecular formula is C23H15Cl3N4. The highest BCUT2D eigenvalue weighted by Crippen LogP contribution is 2.34. The number of allylic oxidation sites excluding steroid dienone is 1. The molecule has 3 aromatic carbocycles. The molecule has 0 radical (unpaired) electrons. The van der Waals surface area contributed by atoms with E-state index < -0.39 is 0 Å². The second kappa shape index (κ2) is 7.80. The van der Waals surface area contributed by atoms with Gasteiger partial charge >= 0.3 is 0 Å². The van der Waals surface area contributed by atoms with Crippen molar-refractivity contribution in [3.8, 4) is 11.4 Å². The standard InChI is InChI=1S/C23H15Cl3N4/c24-17-7-1-14(2-8-17)20-13-21(15-3-9-18(25)10-4-15)30-23(27-20)28-22(29-30)16-5-11-19(26)12-6-16/h1-13,21H,(H,27,28,29). The molecule has 0 fully saturated rings. The highest BCUT2D eigenvalue weighted by molar-refractivity contribution is 6.31. The molecule has 4 nitrogen and oxygen atoms in total. The van der Waals surface area contributed by atoms with Gasteiger partial charge in [0.25, 0.3) is 0 Å². The number of anilines is 1. The van der Waals surface area contributed by atoms with E-state index in [1.807, 2.05) is 77.5 Å². The number of hydrogen-bond donors (Lipinski definition) is 1. The molecule has 0 saturated heterocycles. The quantitative estimate of drug-likeness (QED) is 0.364. The lowest BCUT2D eigenvalue weighted by atomic mass is 10.0. The summed E-state index contributed by atoms with van der Waals surface area (Å²) in [6.45, 7) is 0. The molecule has 1 N–H and O–H groups in total. The fourth-order valence-electron chi connectivity index (χ4n) is 3.41. The number of hydrogen-bond acceptors (Lipinski definition) is 3. The smallest absolute Gasteiger partial charge is 0.227 e. The van der Waals surface area contributed by atoms with E-state index in [4.69, 9.17) is 44.9 Å². The maximum atomic E-state index is 6.10. The van der Waals surface area contributed by atoms with E-state index in [-0.39, 0.29) is 6.04 Å². The minimum absolute atomic E-state index is 0.141. The van der Waals surface area contributed by atoms with Gasteiger partial charge in [-0.3, -0.25) is 0 Å². The van der Waals surface area contributed by atoms with Gasteiger partial charge in [0, 0.05) is 26.3 Å². The van der Waals surface area contributed by atoms with Crippen LogP contribution < -0.4 is 5.32 Å². The Kier molecular flexibility index (Phi) is 4.99. The van der Waals surface area contributed by atoms with Crippen molar-refractivity contribution < 1.29 is 0 Å². The Hall–Kier alpha value is -2.79. The number of nitrogens with one attached hydrogen (secondary N) is 1. The van der Waals surface area contributed by atoms with Gasteiger partial charge in [-0.1, -0.05) is 59.1 Å². The van der Waals surface area contributed by atoms with Gasteiger partial charge in [0.1, 0.15) is 6.04 Å². The maximum Gasteiger partial charge on any atom is 0.227 e. The van der Waals surface area contributed by atoms with E-state index in [0.29, 0.717) is 26.8 Å². The molecule has 30 heavy (non-hydrogen) atoms. The summed E-state index contributed by atoms with van der Waals surface area (Å²) in [5.41, 5.74) is 3.90. The van der Waals surface area contributed by atoms with E-state index in [0.717, 1.165) is 22.4 Å². The molecule has 0 spiro atoms. The Morgan fingerprint density at radius 1 is 0.700 bits per heavy atom. The molecule has 5 rings (SSSR count). The molecule has 0 saturated carbocycles. The highest BCUT2D eigenvalue weighted by Gasteiger charge is 2.25. The average molecular weight is 454 g/mol. The van der Waals surface area contributed by atoms with E-state index in [9.17, 15) is 0 Å². The zero-order valence-electron chi connectivity index (χ0n) is 15.6. The van der Waals surface area contributed by atoms with Crippen molar-refractivity contribution in [2.45, 2.75) is 6.04 Å². The van der Waals surface area contributed by atoms with Crippen molar-refractivity contribution in [3.05, 3.63) is 105 Å². The lowest BCUT2D eigenvalue weighted by molar-refractivity contribution is 0.613. The van der Waals surface area contributed by atoms with Crippen LogP contribution >= 0.6 is 34.8 Å². The molecule has 0 amide bonds. The van der Waals surface area contributed by atoms with E-state index in [1.165, 1.54) is 0 Å². The molecule has 7 heteroatoms. The predicted molar refractivity (Wildman–Crippen MR) is 123 cm³/mol. The van der Waals surface area contributed by atoms with Crippen LogP contribution in [0, 0.1) is 0 Å². The largest absolute Gasteiger partial charge is 0.324 e. The molecule has 148 valence electrons. The van der Waals surface area contributed by atoms with Gasteiger partial charge in [0.05, 0.1) is 0 Å². The van der Waals surface area contributed by atoms with Crippen LogP contribution in [0.25, 0.3) is 17.1 Å². The number of halogens is 3. The van der Waals surface area contributed by atoms with Crippen LogP contribution in [0.4, 0.5) is 5.95 Å². The molecule has 0 aliphatic carbocycles. The minimum atomic E-state index is -0.141. The number of aromatic nitrogens is 3. The maximum absolute atomic E-state index is 6.10. The topological polar surface area (TPSA) is 42.7 Å². The molecular weight excluding hydrogens is 439 g/mol. The summed E-state index contributed by atoms with van der Waals surface area (Å²) in [4.78, 5) is 4.74. The monoisotopic (exact) mass is 452 g/mol. The number of rotatable bonds is 3. The van der Waals surface area contributed by atoms with Crippen LogP contribution in [0.1, 0.15) is 17.2 Å². The summed E-state index contributed by atoms with van der Waals surface area (Å²) in [6.07, 6.45) is 2.12. The Bertz CT molecular complexity index is 1230. The molecule has 0 bridgehead atoms. The Morgan fingerprint density at radius 2 is 1.23 bits per heavy atom. The lowest BCUT2D eigenvalue weighted by Gasteiger charge is -2.24. The molecule has 1 aromatic heterocycles. The molecule has 1 unspecified atom stereocenters. The fraction of sp³-hybridized carbons (Fsp3) is 0.0435. The van der Waals surface area contributed by atoms with Crippen molar-refractivity contribution in [1.82, 2.24) is 14.8 Å². The van der Waals surface area contributed by atoms with Gasteiger partial charge in [0.2, 0.25) is 5.95 Å². The van der Waals surface area contributed by atoms with Crippen LogP contribution in [-0.2, 0) is 0 Å². The van der Waals surface area contributed by atoms with Crippen LogP contribution in [0.15, 0.2) is 78.9 Å². The van der Waals surface area contributed by atoms with Gasteiger partial charge in [-0.2, -0.15) is 4.98 Å². The summed E-state index contributed by atoms with van der Waals surface area (Å²) in [6, 6.07) is 22.8. The van der Waals surface area contributed by atoms with Crippen molar-refractivity contribution >= 4 is 46.4 Å². The lowest BCUT2D eigenvalue weighted by Crippen LogP contribution is -2.20. The Balaban J connectivity index is 1.61. The first kappa shape index (κ1) is 19.2. The van der Waals surface area contributed by atoms with Crippen molar-refractivity contribution in [1.29, 1.82) is 0 Å². The number of nitrogens with zero attached hydrogens (tertiary/aromatic N) is 3. The van der Waals surface area contributed by atoms with Gasteiger partial charge in [-0.25, -0.2) is 4.68 Å². The fourth-order valence-corrected chi connectivity index (χ4v) is 3.79. The van der Waals surface area contributed by atoms with E-state index in [2.05, 4.69) is 11.4 Å². The van der Waals surface area contributed by atoms with E-state index >= 15 is 0 Å². The van der Waals surface area contributed by atoms with Crippen LogP contribution in [0.5, 0.6) is 0 Å². The Labute approximate surface area is 188 Å². The first-order valence-electron chi connectivity index (χ1n) is 9.29. The minimum Gasteiger partial charge on any atom is -0.324 e. The summed E-state index contributed by atoms with van der Waals surface area (Å²) < 4.78 is 1.88.